The van der Waals surface area contributed by atoms with E-state index in [9.17, 15) is 0 Å². The van der Waals surface area contributed by atoms with Gasteiger partial charge in [-0.2, -0.15) is 0 Å². The van der Waals surface area contributed by atoms with E-state index in [1.54, 1.807) is 0 Å². The first-order chi connectivity index (χ1) is 5.13. The van der Waals surface area contributed by atoms with E-state index in [2.05, 4.69) is 0 Å². The number of hydrogen-bond acceptors (Lipinski definition) is 5. The quantitative estimate of drug-likeness (QED) is 0.355. The second kappa shape index (κ2) is 3.46. The molecular weight excluding hydrogens is 150 g/mol. The highest BCUT2D eigenvalue weighted by Gasteiger charge is 2.32. The molecule has 5 nitrogen and oxygen atoms in total. The fourth-order valence-electron chi connectivity index (χ4n) is 1.42. The average molecular weight is 163 g/mol. The van der Waals surface area contributed by atoms with Gasteiger partial charge in [0.25, 0.3) is 0 Å². The molecule has 1 fully saturated rings. The highest BCUT2D eigenvalue weighted by atomic mass is 16.5. The largest absolute Gasteiger partial charge is 0.367 e. The molecule has 0 spiro atoms. The Morgan fingerprint density at radius 1 is 1.18 bits per heavy atom. The van der Waals surface area contributed by atoms with Gasteiger partial charge >= 0.3 is 0 Å². The van der Waals surface area contributed by atoms with Crippen molar-refractivity contribution in [2.24, 2.45) is 0 Å². The van der Waals surface area contributed by atoms with Crippen LogP contribution in [0.3, 0.4) is 0 Å². The predicted molar refractivity (Wildman–Crippen MR) is 36.2 cm³/mol. The summed E-state index contributed by atoms with van der Waals surface area (Å²) in [6.07, 6.45) is -1.71. The molecule has 0 aliphatic carbocycles. The van der Waals surface area contributed by atoms with E-state index in [-0.39, 0.29) is 0 Å². The maximum atomic E-state index is 8.76. The summed E-state index contributed by atoms with van der Waals surface area (Å²) in [4.78, 5) is 1.25. The van der Waals surface area contributed by atoms with Gasteiger partial charge in [-0.05, 0) is 12.8 Å². The molecule has 1 aliphatic rings. The second-order valence-electron chi connectivity index (χ2n) is 2.71. The molecule has 4 N–H and O–H groups in total. The number of likely N-dealkylation sites (tertiary alicyclic amines) is 1. The van der Waals surface area contributed by atoms with Gasteiger partial charge in [0.15, 0.2) is 6.29 Å². The van der Waals surface area contributed by atoms with Crippen LogP contribution in [0, 0.1) is 0 Å². The van der Waals surface area contributed by atoms with Crippen molar-refractivity contribution in [3.05, 3.63) is 0 Å². The molecule has 66 valence electrons. The van der Waals surface area contributed by atoms with Crippen molar-refractivity contribution < 1.29 is 20.4 Å². The van der Waals surface area contributed by atoms with Gasteiger partial charge < -0.3 is 20.4 Å². The Morgan fingerprint density at radius 2 is 1.82 bits per heavy atom. The number of aliphatic hydroxyl groups is 4. The van der Waals surface area contributed by atoms with E-state index in [1.807, 2.05) is 0 Å². The van der Waals surface area contributed by atoms with Crippen molar-refractivity contribution in [3.8, 4) is 0 Å². The van der Waals surface area contributed by atoms with Crippen LogP contribution in [0.15, 0.2) is 0 Å². The molecule has 1 unspecified atom stereocenters. The lowest BCUT2D eigenvalue weighted by molar-refractivity contribution is -0.195. The number of aliphatic hydroxyl groups excluding tert-OH is 2. The van der Waals surface area contributed by atoms with E-state index in [4.69, 9.17) is 20.4 Å². The van der Waals surface area contributed by atoms with E-state index < -0.39 is 18.7 Å². The van der Waals surface area contributed by atoms with Crippen LogP contribution in [0.4, 0.5) is 0 Å². The molecule has 5 heteroatoms. The molecule has 0 bridgehead atoms. The molecule has 0 saturated carbocycles. The molecule has 0 aromatic heterocycles. The fraction of sp³-hybridized carbons (Fsp3) is 1.00. The van der Waals surface area contributed by atoms with E-state index in [1.165, 1.54) is 4.90 Å². The van der Waals surface area contributed by atoms with Gasteiger partial charge in [0.1, 0.15) is 0 Å². The lowest BCUT2D eigenvalue weighted by atomic mass is 10.2. The third kappa shape index (κ3) is 1.88. The minimum absolute atomic E-state index is 0.500. The van der Waals surface area contributed by atoms with Crippen molar-refractivity contribution in [2.45, 2.75) is 31.6 Å². The molecule has 0 aromatic rings. The maximum absolute atomic E-state index is 8.76. The van der Waals surface area contributed by atoms with Crippen molar-refractivity contribution in [1.29, 1.82) is 0 Å². The highest BCUT2D eigenvalue weighted by Crippen LogP contribution is 2.19. The summed E-state index contributed by atoms with van der Waals surface area (Å²) in [6.45, 7) is 0.500. The van der Waals surface area contributed by atoms with Crippen LogP contribution >= 0.6 is 0 Å². The summed E-state index contributed by atoms with van der Waals surface area (Å²) < 4.78 is 0. The van der Waals surface area contributed by atoms with Gasteiger partial charge in [0.05, 0.1) is 6.04 Å². The van der Waals surface area contributed by atoms with Gasteiger partial charge in [-0.25, -0.2) is 4.90 Å². The monoisotopic (exact) mass is 163 g/mol. The topological polar surface area (TPSA) is 84.2 Å². The zero-order chi connectivity index (χ0) is 8.43. The van der Waals surface area contributed by atoms with Crippen molar-refractivity contribution >= 4 is 0 Å². The Bertz CT molecular complexity index is 114. The molecule has 0 amide bonds. The third-order valence-corrected chi connectivity index (χ3v) is 1.98. The van der Waals surface area contributed by atoms with Crippen LogP contribution in [-0.2, 0) is 0 Å². The van der Waals surface area contributed by atoms with Crippen LogP contribution in [0.2, 0.25) is 0 Å². The van der Waals surface area contributed by atoms with Gasteiger partial charge in [0, 0.05) is 6.54 Å². The minimum Gasteiger partial charge on any atom is -0.367 e. The molecule has 11 heavy (non-hydrogen) atoms. The summed E-state index contributed by atoms with van der Waals surface area (Å²) in [5.41, 5.74) is 0. The summed E-state index contributed by atoms with van der Waals surface area (Å²) in [5.74, 6) is 0. The smallest absolute Gasteiger partial charge is 0.213 e. The van der Waals surface area contributed by atoms with Gasteiger partial charge in [-0.15, -0.1) is 0 Å². The summed E-state index contributed by atoms with van der Waals surface area (Å²) >= 11 is 0. The molecule has 1 saturated heterocycles. The van der Waals surface area contributed by atoms with Crippen molar-refractivity contribution in [2.75, 3.05) is 6.54 Å². The summed E-state index contributed by atoms with van der Waals surface area (Å²) in [7, 11) is 0. The second-order valence-corrected chi connectivity index (χ2v) is 2.71. The van der Waals surface area contributed by atoms with Crippen LogP contribution in [0.25, 0.3) is 0 Å². The fourth-order valence-corrected chi connectivity index (χ4v) is 1.42. The maximum Gasteiger partial charge on any atom is 0.213 e. The van der Waals surface area contributed by atoms with Crippen LogP contribution in [0.1, 0.15) is 12.8 Å². The lowest BCUT2D eigenvalue weighted by Gasteiger charge is -2.26. The number of hydrogen-bond donors (Lipinski definition) is 4. The third-order valence-electron chi connectivity index (χ3n) is 1.98. The Balaban J connectivity index is 2.51. The van der Waals surface area contributed by atoms with Crippen molar-refractivity contribution in [1.82, 2.24) is 4.90 Å². The number of rotatable bonds is 2. The molecule has 0 aromatic carbocycles. The Labute approximate surface area is 64.5 Å². The first-order valence-corrected chi connectivity index (χ1v) is 3.61. The summed E-state index contributed by atoms with van der Waals surface area (Å²) in [6, 6.07) is -0.532. The zero-order valence-electron chi connectivity index (χ0n) is 6.09. The van der Waals surface area contributed by atoms with Gasteiger partial charge in [-0.1, -0.05) is 0 Å². The van der Waals surface area contributed by atoms with Crippen molar-refractivity contribution in [3.63, 3.8) is 0 Å². The average Bonchev–Trinajstić information content (AvgIpc) is 2.32. The van der Waals surface area contributed by atoms with E-state index >= 15 is 0 Å². The van der Waals surface area contributed by atoms with E-state index in [0.717, 1.165) is 6.42 Å². The van der Waals surface area contributed by atoms with Crippen LogP contribution in [0.5, 0.6) is 0 Å². The highest BCUT2D eigenvalue weighted by molar-refractivity contribution is 4.79. The first kappa shape index (κ1) is 8.89. The SMILES string of the molecule is OC(O)C1CCCN1C(O)O. The van der Waals surface area contributed by atoms with Crippen LogP contribution < -0.4 is 0 Å². The molecule has 1 atom stereocenters. The molecular formula is C6H13NO4. The molecule has 1 heterocycles. The van der Waals surface area contributed by atoms with E-state index in [0.29, 0.717) is 13.0 Å². The first-order valence-electron chi connectivity index (χ1n) is 3.61. The predicted octanol–water partition coefficient (Wildman–Crippen LogP) is -1.97. The minimum atomic E-state index is -1.58. The number of nitrogens with zero attached hydrogens (tertiary/aromatic N) is 1. The normalized spacial score (nSPS) is 27.3. The molecule has 1 aliphatic heterocycles. The Morgan fingerprint density at radius 3 is 2.18 bits per heavy atom. The van der Waals surface area contributed by atoms with Gasteiger partial charge in [-0.3, -0.25) is 0 Å². The zero-order valence-corrected chi connectivity index (χ0v) is 6.09. The van der Waals surface area contributed by atoms with Crippen LogP contribution in [-0.4, -0.2) is 50.6 Å². The summed E-state index contributed by atoms with van der Waals surface area (Å²) in [5, 5.41) is 35.0. The Hall–Kier alpha value is -0.200. The Kier molecular flexibility index (Phi) is 2.80. The standard InChI is InChI=1S/C6H13NO4/c8-5(9)4-2-1-3-7(4)6(10)11/h4-6,8-11H,1-3H2. The van der Waals surface area contributed by atoms with Gasteiger partial charge in [0.2, 0.25) is 6.41 Å². The molecule has 0 radical (unpaired) electrons. The lowest BCUT2D eigenvalue weighted by Crippen LogP contribution is -2.44. The molecule has 1 rings (SSSR count).